The lowest BCUT2D eigenvalue weighted by Gasteiger charge is -2.21. The van der Waals surface area contributed by atoms with Crippen LogP contribution >= 0.6 is 0 Å². The lowest BCUT2D eigenvalue weighted by Crippen LogP contribution is -2.21. The number of nitrogens with zero attached hydrogens (tertiary/aromatic N) is 2. The van der Waals surface area contributed by atoms with Gasteiger partial charge in [0, 0.05) is 37.9 Å². The molecule has 1 fully saturated rings. The summed E-state index contributed by atoms with van der Waals surface area (Å²) in [4.78, 5) is 17.0. The van der Waals surface area contributed by atoms with E-state index in [-0.39, 0.29) is 11.7 Å². The molecule has 6 heteroatoms. The molecule has 0 radical (unpaired) electrons. The molecular weight excluding hydrogens is 366 g/mol. The molecule has 1 N–H and O–H groups in total. The maximum Gasteiger partial charge on any atom is 0.242 e. The molecule has 152 valence electrons. The molecule has 2 aromatic heterocycles. The van der Waals surface area contributed by atoms with Crippen molar-refractivity contribution in [1.82, 2.24) is 15.2 Å². The molecule has 29 heavy (non-hydrogen) atoms. The van der Waals surface area contributed by atoms with Gasteiger partial charge in [-0.15, -0.1) is 5.10 Å². The first-order valence-electron chi connectivity index (χ1n) is 10.3. The van der Waals surface area contributed by atoms with E-state index in [0.29, 0.717) is 31.2 Å². The van der Waals surface area contributed by atoms with Crippen LogP contribution in [0.15, 0.2) is 42.6 Å². The minimum atomic E-state index is 0.184. The van der Waals surface area contributed by atoms with Crippen molar-refractivity contribution in [3.05, 3.63) is 53.9 Å². The van der Waals surface area contributed by atoms with Gasteiger partial charge in [-0.25, -0.2) is 0 Å². The van der Waals surface area contributed by atoms with Gasteiger partial charge in [-0.05, 0) is 36.3 Å². The predicted octanol–water partition coefficient (Wildman–Crippen LogP) is 4.07. The number of hydrogen-bond acceptors (Lipinski definition) is 5. The number of carbonyl (C=O) groups excluding carboxylic acids is 1. The largest absolute Gasteiger partial charge is 0.476 e. The Morgan fingerprint density at radius 1 is 1.28 bits per heavy atom. The van der Waals surface area contributed by atoms with E-state index in [1.165, 1.54) is 5.56 Å². The highest BCUT2D eigenvalue weighted by atomic mass is 16.5. The summed E-state index contributed by atoms with van der Waals surface area (Å²) in [7, 11) is 0. The van der Waals surface area contributed by atoms with Crippen molar-refractivity contribution in [2.75, 3.05) is 19.8 Å². The van der Waals surface area contributed by atoms with Crippen molar-refractivity contribution in [3.63, 3.8) is 0 Å². The third-order valence-electron chi connectivity index (χ3n) is 5.55. The molecule has 0 aliphatic carbocycles. The van der Waals surface area contributed by atoms with Crippen molar-refractivity contribution in [2.45, 2.75) is 38.5 Å². The van der Waals surface area contributed by atoms with Crippen LogP contribution in [0, 0.1) is 5.92 Å². The molecule has 4 rings (SSSR count). The Bertz CT molecular complexity index is 948. The van der Waals surface area contributed by atoms with E-state index < -0.39 is 0 Å². The highest BCUT2D eigenvalue weighted by Crippen LogP contribution is 2.25. The molecule has 1 aliphatic rings. The Hall–Kier alpha value is -2.73. The summed E-state index contributed by atoms with van der Waals surface area (Å²) in [5, 5.41) is 8.14. The number of nitrogens with one attached hydrogen (secondary N) is 1. The van der Waals surface area contributed by atoms with Crippen LogP contribution in [0.2, 0.25) is 0 Å². The SMILES string of the molecule is C[C@@H](CC(=O)Cc1cc2[nH]nc(OCC3CCOCC3)c2cn1)c1ccccc1. The monoisotopic (exact) mass is 393 g/mol. The van der Waals surface area contributed by atoms with E-state index >= 15 is 0 Å². The molecule has 1 atom stereocenters. The zero-order valence-corrected chi connectivity index (χ0v) is 16.8. The summed E-state index contributed by atoms with van der Waals surface area (Å²) in [5.74, 6) is 1.47. The molecule has 1 saturated heterocycles. The molecule has 0 amide bonds. The topological polar surface area (TPSA) is 77.1 Å². The maximum absolute atomic E-state index is 12.5. The highest BCUT2D eigenvalue weighted by molar-refractivity contribution is 5.85. The second-order valence-corrected chi connectivity index (χ2v) is 7.85. The van der Waals surface area contributed by atoms with Gasteiger partial charge in [-0.2, -0.15) is 0 Å². The van der Waals surface area contributed by atoms with Gasteiger partial charge in [0.15, 0.2) is 0 Å². The molecule has 0 spiro atoms. The zero-order chi connectivity index (χ0) is 20.1. The number of carbonyl (C=O) groups is 1. The Labute approximate surface area is 170 Å². The fourth-order valence-electron chi connectivity index (χ4n) is 3.76. The van der Waals surface area contributed by atoms with Crippen molar-refractivity contribution in [3.8, 4) is 5.88 Å². The molecule has 3 heterocycles. The van der Waals surface area contributed by atoms with E-state index in [2.05, 4.69) is 34.2 Å². The third-order valence-corrected chi connectivity index (χ3v) is 5.55. The normalized spacial score (nSPS) is 16.0. The summed E-state index contributed by atoms with van der Waals surface area (Å²) >= 11 is 0. The molecule has 0 saturated carbocycles. The number of Topliss-reactive ketones (excluding diaryl/α,β-unsaturated/α-hetero) is 1. The highest BCUT2D eigenvalue weighted by Gasteiger charge is 2.17. The van der Waals surface area contributed by atoms with Gasteiger partial charge in [0.1, 0.15) is 5.78 Å². The van der Waals surface area contributed by atoms with Crippen molar-refractivity contribution < 1.29 is 14.3 Å². The Morgan fingerprint density at radius 3 is 2.86 bits per heavy atom. The number of ketones is 1. The summed E-state index contributed by atoms with van der Waals surface area (Å²) in [6, 6.07) is 12.0. The number of rotatable bonds is 8. The summed E-state index contributed by atoms with van der Waals surface area (Å²) in [5.41, 5.74) is 2.78. The van der Waals surface area contributed by atoms with Crippen LogP contribution < -0.4 is 4.74 Å². The van der Waals surface area contributed by atoms with Crippen LogP contribution in [0.25, 0.3) is 10.9 Å². The second-order valence-electron chi connectivity index (χ2n) is 7.85. The smallest absolute Gasteiger partial charge is 0.242 e. The number of aromatic amines is 1. The summed E-state index contributed by atoms with van der Waals surface area (Å²) in [6.07, 6.45) is 4.63. The lowest BCUT2D eigenvalue weighted by atomic mass is 9.94. The number of H-pyrrole nitrogens is 1. The van der Waals surface area contributed by atoms with Crippen LogP contribution in [0.1, 0.15) is 43.4 Å². The van der Waals surface area contributed by atoms with E-state index in [1.807, 2.05) is 24.3 Å². The van der Waals surface area contributed by atoms with Gasteiger partial charge in [-0.1, -0.05) is 37.3 Å². The number of pyridine rings is 1. The molecule has 1 aliphatic heterocycles. The average molecular weight is 393 g/mol. The van der Waals surface area contributed by atoms with Crippen molar-refractivity contribution in [2.24, 2.45) is 5.92 Å². The zero-order valence-electron chi connectivity index (χ0n) is 16.8. The molecule has 3 aromatic rings. The van der Waals surface area contributed by atoms with Crippen molar-refractivity contribution in [1.29, 1.82) is 0 Å². The quantitative estimate of drug-likeness (QED) is 0.624. The second kappa shape index (κ2) is 9.18. The molecule has 0 unspecified atom stereocenters. The molecule has 1 aromatic carbocycles. The minimum absolute atomic E-state index is 0.184. The Kier molecular flexibility index (Phi) is 6.20. The van der Waals surface area contributed by atoms with Gasteiger partial charge in [0.05, 0.1) is 17.5 Å². The van der Waals surface area contributed by atoms with Crippen LogP contribution in [-0.2, 0) is 16.0 Å². The van der Waals surface area contributed by atoms with Gasteiger partial charge in [0.25, 0.3) is 0 Å². The first-order valence-corrected chi connectivity index (χ1v) is 10.3. The maximum atomic E-state index is 12.5. The van der Waals surface area contributed by atoms with Gasteiger partial charge in [0.2, 0.25) is 5.88 Å². The van der Waals surface area contributed by atoms with E-state index in [4.69, 9.17) is 9.47 Å². The summed E-state index contributed by atoms with van der Waals surface area (Å²) in [6.45, 7) is 4.33. The third kappa shape index (κ3) is 5.01. The van der Waals surface area contributed by atoms with Gasteiger partial charge in [-0.3, -0.25) is 14.9 Å². The van der Waals surface area contributed by atoms with Crippen LogP contribution in [0.3, 0.4) is 0 Å². The lowest BCUT2D eigenvalue weighted by molar-refractivity contribution is -0.118. The van der Waals surface area contributed by atoms with E-state index in [1.54, 1.807) is 6.20 Å². The fourth-order valence-corrected chi connectivity index (χ4v) is 3.76. The van der Waals surface area contributed by atoms with Crippen LogP contribution in [0.5, 0.6) is 5.88 Å². The molecule has 0 bridgehead atoms. The molecular formula is C23H27N3O3. The number of benzene rings is 1. The van der Waals surface area contributed by atoms with Crippen LogP contribution in [0.4, 0.5) is 0 Å². The standard InChI is InChI=1S/C23H27N3O3/c1-16(18-5-3-2-4-6-18)11-20(27)12-19-13-22-21(14-24-19)23(26-25-22)29-15-17-7-9-28-10-8-17/h2-6,13-14,16-17H,7-12,15H2,1H3,(H,25,26)/t16-/m0/s1. The average Bonchev–Trinajstić information content (AvgIpc) is 3.15. The first kappa shape index (κ1) is 19.6. The fraction of sp³-hybridized carbons (Fsp3) is 0.435. The van der Waals surface area contributed by atoms with Gasteiger partial charge >= 0.3 is 0 Å². The number of ether oxygens (including phenoxy) is 2. The summed E-state index contributed by atoms with van der Waals surface area (Å²) < 4.78 is 11.3. The number of hydrogen-bond donors (Lipinski definition) is 1. The van der Waals surface area contributed by atoms with Crippen LogP contribution in [-0.4, -0.2) is 40.8 Å². The van der Waals surface area contributed by atoms with E-state index in [0.717, 1.165) is 42.7 Å². The van der Waals surface area contributed by atoms with Gasteiger partial charge < -0.3 is 9.47 Å². The minimum Gasteiger partial charge on any atom is -0.476 e. The Balaban J connectivity index is 1.35. The Morgan fingerprint density at radius 2 is 2.07 bits per heavy atom. The number of aromatic nitrogens is 3. The van der Waals surface area contributed by atoms with Crippen molar-refractivity contribution >= 4 is 16.7 Å². The number of fused-ring (bicyclic) bond motifs is 1. The van der Waals surface area contributed by atoms with E-state index in [9.17, 15) is 4.79 Å². The first-order chi connectivity index (χ1) is 14.2. The molecule has 6 nitrogen and oxygen atoms in total. The predicted molar refractivity (Wildman–Crippen MR) is 111 cm³/mol.